The fourth-order valence-corrected chi connectivity index (χ4v) is 4.94. The Kier molecular flexibility index (Phi) is 6.50. The van der Waals surface area contributed by atoms with Crippen molar-refractivity contribution in [1.29, 1.82) is 0 Å². The number of carbonyl (C=O) groups is 1. The Morgan fingerprint density at radius 3 is 2.44 bits per heavy atom. The van der Waals surface area contributed by atoms with Crippen LogP contribution in [0.5, 0.6) is 0 Å². The molecule has 0 spiro atoms. The highest BCUT2D eigenvalue weighted by molar-refractivity contribution is 7.89. The fraction of sp³-hybridized carbons (Fsp3) is 0.412. The molecule has 1 fully saturated rings. The maximum absolute atomic E-state index is 12.8. The molecule has 1 saturated heterocycles. The number of amides is 1. The van der Waals surface area contributed by atoms with E-state index in [1.54, 1.807) is 38.1 Å². The molecule has 27 heavy (non-hydrogen) atoms. The number of para-hydroxylation sites is 2. The highest BCUT2D eigenvalue weighted by Gasteiger charge is 2.35. The molecule has 1 aliphatic heterocycles. The first-order valence-electron chi connectivity index (χ1n) is 8.39. The van der Waals surface area contributed by atoms with E-state index in [4.69, 9.17) is 10.3 Å². The third-order valence-corrected chi connectivity index (χ3v) is 6.75. The summed E-state index contributed by atoms with van der Waals surface area (Å²) in [5.41, 5.74) is 7.26. The van der Waals surface area contributed by atoms with Gasteiger partial charge in [0.25, 0.3) is 0 Å². The van der Waals surface area contributed by atoms with Crippen LogP contribution < -0.4 is 11.1 Å². The summed E-state index contributed by atoms with van der Waals surface area (Å²) in [6, 6.07) is 7.05. The first kappa shape index (κ1) is 21.2. The van der Waals surface area contributed by atoms with Crippen molar-refractivity contribution in [3.8, 4) is 0 Å². The lowest BCUT2D eigenvalue weighted by Crippen LogP contribution is -2.41. The smallest absolute Gasteiger partial charge is 0.248 e. The number of rotatable bonds is 4. The van der Waals surface area contributed by atoms with E-state index in [0.717, 1.165) is 0 Å². The van der Waals surface area contributed by atoms with Gasteiger partial charge in [-0.05, 0) is 38.8 Å². The number of aromatic nitrogens is 1. The van der Waals surface area contributed by atoms with Gasteiger partial charge in [0.15, 0.2) is 5.76 Å². The number of hydrogen-bond donors (Lipinski definition) is 2. The van der Waals surface area contributed by atoms with Crippen LogP contribution in [0.3, 0.4) is 0 Å². The molecule has 0 atom stereocenters. The van der Waals surface area contributed by atoms with E-state index in [1.807, 2.05) is 0 Å². The number of halogens is 1. The van der Waals surface area contributed by atoms with Crippen LogP contribution in [0.25, 0.3) is 0 Å². The summed E-state index contributed by atoms with van der Waals surface area (Å²) in [7, 11) is -3.67. The van der Waals surface area contributed by atoms with Crippen molar-refractivity contribution in [2.24, 2.45) is 5.92 Å². The van der Waals surface area contributed by atoms with Crippen molar-refractivity contribution < 1.29 is 17.7 Å². The number of sulfonamides is 1. The van der Waals surface area contributed by atoms with Crippen molar-refractivity contribution in [2.45, 2.75) is 31.6 Å². The van der Waals surface area contributed by atoms with Crippen molar-refractivity contribution in [3.63, 3.8) is 0 Å². The maximum atomic E-state index is 12.8. The number of nitrogens with zero attached hydrogens (tertiary/aromatic N) is 2. The average molecular weight is 415 g/mol. The summed E-state index contributed by atoms with van der Waals surface area (Å²) in [5.74, 6) is -0.120. The normalized spacial score (nSPS) is 15.9. The van der Waals surface area contributed by atoms with E-state index in [9.17, 15) is 13.2 Å². The maximum Gasteiger partial charge on any atom is 0.248 e. The van der Waals surface area contributed by atoms with E-state index < -0.39 is 10.0 Å². The molecular weight excluding hydrogens is 392 g/mol. The van der Waals surface area contributed by atoms with Gasteiger partial charge in [-0.2, -0.15) is 4.31 Å². The molecule has 1 aromatic carbocycles. The Hall–Kier alpha value is -2.10. The zero-order chi connectivity index (χ0) is 18.9. The summed E-state index contributed by atoms with van der Waals surface area (Å²) in [5, 5.41) is 6.54. The number of aryl methyl sites for hydroxylation is 2. The van der Waals surface area contributed by atoms with E-state index in [-0.39, 0.29) is 48.0 Å². The van der Waals surface area contributed by atoms with Gasteiger partial charge in [0.2, 0.25) is 15.9 Å². The van der Waals surface area contributed by atoms with Gasteiger partial charge >= 0.3 is 0 Å². The first-order valence-corrected chi connectivity index (χ1v) is 9.83. The van der Waals surface area contributed by atoms with Gasteiger partial charge in [0.05, 0.1) is 11.4 Å². The highest BCUT2D eigenvalue weighted by Crippen LogP contribution is 2.28. The lowest BCUT2D eigenvalue weighted by molar-refractivity contribution is -0.120. The number of hydrogen-bond acceptors (Lipinski definition) is 6. The summed E-state index contributed by atoms with van der Waals surface area (Å²) >= 11 is 0. The van der Waals surface area contributed by atoms with E-state index in [0.29, 0.717) is 29.9 Å². The predicted octanol–water partition coefficient (Wildman–Crippen LogP) is 2.33. The minimum atomic E-state index is -3.67. The van der Waals surface area contributed by atoms with Crippen LogP contribution in [0.4, 0.5) is 11.4 Å². The van der Waals surface area contributed by atoms with Crippen LogP contribution in [-0.2, 0) is 14.8 Å². The Labute approximate surface area is 164 Å². The molecular formula is C17H23ClN4O4S. The van der Waals surface area contributed by atoms with Crippen molar-refractivity contribution in [1.82, 2.24) is 9.46 Å². The summed E-state index contributed by atoms with van der Waals surface area (Å²) < 4.78 is 32.0. The zero-order valence-electron chi connectivity index (χ0n) is 15.1. The van der Waals surface area contributed by atoms with E-state index >= 15 is 0 Å². The Morgan fingerprint density at radius 2 is 1.89 bits per heavy atom. The Bertz CT molecular complexity index is 901. The predicted molar refractivity (Wildman–Crippen MR) is 104 cm³/mol. The molecule has 0 aliphatic carbocycles. The first-order chi connectivity index (χ1) is 12.3. The summed E-state index contributed by atoms with van der Waals surface area (Å²) in [6.07, 6.45) is 0.891. The monoisotopic (exact) mass is 414 g/mol. The quantitative estimate of drug-likeness (QED) is 0.741. The molecule has 1 aromatic heterocycles. The molecule has 0 unspecified atom stereocenters. The molecule has 148 valence electrons. The average Bonchev–Trinajstić information content (AvgIpc) is 2.96. The number of anilines is 2. The minimum Gasteiger partial charge on any atom is -0.397 e. The number of nitrogens with one attached hydrogen (secondary N) is 1. The third-order valence-electron chi connectivity index (χ3n) is 4.61. The number of nitrogen functional groups attached to an aromatic ring is 1. The fourth-order valence-electron chi connectivity index (χ4n) is 3.18. The van der Waals surface area contributed by atoms with Crippen molar-refractivity contribution in [3.05, 3.63) is 35.7 Å². The molecule has 3 N–H and O–H groups in total. The van der Waals surface area contributed by atoms with Gasteiger partial charge in [-0.25, -0.2) is 8.42 Å². The van der Waals surface area contributed by atoms with E-state index in [2.05, 4.69) is 10.5 Å². The molecule has 0 saturated carbocycles. The Balaban J connectivity index is 0.00000261. The van der Waals surface area contributed by atoms with Crippen LogP contribution in [0.15, 0.2) is 33.7 Å². The largest absolute Gasteiger partial charge is 0.397 e. The molecule has 1 amide bonds. The molecule has 10 heteroatoms. The van der Waals surface area contributed by atoms with Crippen LogP contribution in [-0.4, -0.2) is 36.9 Å². The van der Waals surface area contributed by atoms with Gasteiger partial charge < -0.3 is 15.6 Å². The number of nitrogens with two attached hydrogens (primary N) is 1. The molecule has 0 radical (unpaired) electrons. The molecule has 0 bridgehead atoms. The second-order valence-electron chi connectivity index (χ2n) is 6.41. The standard InChI is InChI=1S/C17H22N4O4S.ClH/c1-11-16(12(2)25-20-11)26(23,24)21-9-7-13(8-10-21)17(22)19-15-6-4-3-5-14(15)18;/h3-6,13H,7-10,18H2,1-2H3,(H,19,22);1H. The van der Waals surface area contributed by atoms with Gasteiger partial charge in [-0.15, -0.1) is 12.4 Å². The van der Waals surface area contributed by atoms with Gasteiger partial charge in [0.1, 0.15) is 10.6 Å². The van der Waals surface area contributed by atoms with Crippen LogP contribution in [0, 0.1) is 19.8 Å². The van der Waals surface area contributed by atoms with Crippen LogP contribution in [0.1, 0.15) is 24.3 Å². The topological polar surface area (TPSA) is 119 Å². The van der Waals surface area contributed by atoms with Gasteiger partial charge in [-0.3, -0.25) is 4.79 Å². The Morgan fingerprint density at radius 1 is 1.26 bits per heavy atom. The third kappa shape index (κ3) is 4.26. The molecule has 2 heterocycles. The second-order valence-corrected chi connectivity index (χ2v) is 8.28. The zero-order valence-corrected chi connectivity index (χ0v) is 16.8. The molecule has 2 aromatic rings. The highest BCUT2D eigenvalue weighted by atomic mass is 35.5. The molecule has 8 nitrogen and oxygen atoms in total. The minimum absolute atomic E-state index is 0. The lowest BCUT2D eigenvalue weighted by Gasteiger charge is -2.30. The second kappa shape index (κ2) is 8.28. The summed E-state index contributed by atoms with van der Waals surface area (Å²) in [6.45, 7) is 3.73. The van der Waals surface area contributed by atoms with Crippen molar-refractivity contribution in [2.75, 3.05) is 24.1 Å². The van der Waals surface area contributed by atoms with Crippen LogP contribution in [0.2, 0.25) is 0 Å². The summed E-state index contributed by atoms with van der Waals surface area (Å²) in [4.78, 5) is 12.6. The molecule has 3 rings (SSSR count). The van der Waals surface area contributed by atoms with Crippen molar-refractivity contribution >= 4 is 39.7 Å². The number of piperidine rings is 1. The van der Waals surface area contributed by atoms with Crippen LogP contribution >= 0.6 is 12.4 Å². The van der Waals surface area contributed by atoms with Gasteiger partial charge in [0, 0.05) is 19.0 Å². The lowest BCUT2D eigenvalue weighted by atomic mass is 9.97. The number of benzene rings is 1. The van der Waals surface area contributed by atoms with Gasteiger partial charge in [-0.1, -0.05) is 17.3 Å². The number of carbonyl (C=O) groups excluding carboxylic acids is 1. The SMILES string of the molecule is Cc1noc(C)c1S(=O)(=O)N1CCC(C(=O)Nc2ccccc2N)CC1.Cl. The van der Waals surface area contributed by atoms with E-state index in [1.165, 1.54) is 4.31 Å². The molecule has 1 aliphatic rings.